The molecule has 2 fully saturated rings. The lowest BCUT2D eigenvalue weighted by Crippen LogP contribution is -2.45. The highest BCUT2D eigenvalue weighted by Crippen LogP contribution is 2.21. The van der Waals surface area contributed by atoms with E-state index >= 15 is 0 Å². The van der Waals surface area contributed by atoms with Gasteiger partial charge in [-0.2, -0.15) is 0 Å². The van der Waals surface area contributed by atoms with Gasteiger partial charge >= 0.3 is 0 Å². The molecule has 0 aliphatic carbocycles. The van der Waals surface area contributed by atoms with Gasteiger partial charge in [-0.3, -0.25) is 15.0 Å². The van der Waals surface area contributed by atoms with Crippen molar-refractivity contribution in [2.75, 3.05) is 24.5 Å². The van der Waals surface area contributed by atoms with Crippen LogP contribution in [0.4, 0.5) is 5.69 Å². The minimum Gasteiger partial charge on any atom is -0.312 e. The number of nitrogens with one attached hydrogen (secondary N) is 1. The Bertz CT molecular complexity index is 521. The lowest BCUT2D eigenvalue weighted by Gasteiger charge is -2.26. The van der Waals surface area contributed by atoms with Gasteiger partial charge in [0.25, 0.3) is 5.91 Å². The third kappa shape index (κ3) is 3.24. The van der Waals surface area contributed by atoms with Gasteiger partial charge in [-0.1, -0.05) is 6.42 Å². The molecule has 1 N–H and O–H groups in total. The fourth-order valence-electron chi connectivity index (χ4n) is 2.93. The van der Waals surface area contributed by atoms with Crippen LogP contribution in [0.1, 0.15) is 42.5 Å². The van der Waals surface area contributed by atoms with Crippen LogP contribution in [-0.4, -0.2) is 36.5 Å². The predicted molar refractivity (Wildman–Crippen MR) is 80.9 cm³/mol. The zero-order valence-electron chi connectivity index (χ0n) is 12.2. The van der Waals surface area contributed by atoms with E-state index in [2.05, 4.69) is 5.43 Å². The molecule has 3 rings (SSSR count). The summed E-state index contributed by atoms with van der Waals surface area (Å²) in [6, 6.07) is 7.29. The van der Waals surface area contributed by atoms with Gasteiger partial charge in [0.15, 0.2) is 0 Å². The van der Waals surface area contributed by atoms with Crippen LogP contribution in [0, 0.1) is 0 Å². The van der Waals surface area contributed by atoms with Crippen molar-refractivity contribution < 1.29 is 9.59 Å². The van der Waals surface area contributed by atoms with Crippen molar-refractivity contribution in [1.82, 2.24) is 10.4 Å². The molecule has 1 aromatic rings. The van der Waals surface area contributed by atoms with E-state index < -0.39 is 0 Å². The summed E-state index contributed by atoms with van der Waals surface area (Å²) >= 11 is 0. The summed E-state index contributed by atoms with van der Waals surface area (Å²) in [5.41, 5.74) is 4.46. The number of amides is 2. The zero-order valence-corrected chi connectivity index (χ0v) is 12.2. The number of hydrogen-bond donors (Lipinski definition) is 1. The van der Waals surface area contributed by atoms with Gasteiger partial charge in [0, 0.05) is 37.3 Å². The Labute approximate surface area is 124 Å². The molecule has 0 unspecified atom stereocenters. The molecule has 5 nitrogen and oxygen atoms in total. The van der Waals surface area contributed by atoms with Gasteiger partial charge in [-0.25, -0.2) is 5.01 Å². The number of benzene rings is 1. The van der Waals surface area contributed by atoms with E-state index in [-0.39, 0.29) is 11.8 Å². The topological polar surface area (TPSA) is 52.7 Å². The molecule has 0 saturated carbocycles. The van der Waals surface area contributed by atoms with E-state index in [4.69, 9.17) is 0 Å². The van der Waals surface area contributed by atoms with Gasteiger partial charge in [0.1, 0.15) is 0 Å². The first-order chi connectivity index (χ1) is 10.2. The molecule has 21 heavy (non-hydrogen) atoms. The largest absolute Gasteiger partial charge is 0.312 e. The molecule has 2 heterocycles. The SMILES string of the molecule is O=C(NN1CCCCC1)c1ccc(N2CCCC2=O)cc1. The number of piperidine rings is 1. The summed E-state index contributed by atoms with van der Waals surface area (Å²) in [4.78, 5) is 25.7. The Kier molecular flexibility index (Phi) is 4.20. The third-order valence-electron chi connectivity index (χ3n) is 4.13. The summed E-state index contributed by atoms with van der Waals surface area (Å²) in [6.45, 7) is 2.62. The van der Waals surface area contributed by atoms with Crippen LogP contribution < -0.4 is 10.3 Å². The highest BCUT2D eigenvalue weighted by atomic mass is 16.2. The van der Waals surface area contributed by atoms with E-state index in [0.29, 0.717) is 12.0 Å². The molecule has 1 aromatic carbocycles. The van der Waals surface area contributed by atoms with Crippen molar-refractivity contribution in [3.05, 3.63) is 29.8 Å². The fourth-order valence-corrected chi connectivity index (χ4v) is 2.93. The van der Waals surface area contributed by atoms with Crippen LogP contribution >= 0.6 is 0 Å². The minimum absolute atomic E-state index is 0.0730. The van der Waals surface area contributed by atoms with Gasteiger partial charge in [0.2, 0.25) is 5.91 Å². The Morgan fingerprint density at radius 3 is 2.29 bits per heavy atom. The molecule has 0 radical (unpaired) electrons. The first kappa shape index (κ1) is 14.1. The average molecular weight is 287 g/mol. The molecular formula is C16H21N3O2. The average Bonchev–Trinajstić information content (AvgIpc) is 2.94. The van der Waals surface area contributed by atoms with Gasteiger partial charge < -0.3 is 4.90 Å². The lowest BCUT2D eigenvalue weighted by molar-refractivity contribution is -0.117. The van der Waals surface area contributed by atoms with Gasteiger partial charge in [-0.05, 0) is 43.5 Å². The number of hydrogen-bond acceptors (Lipinski definition) is 3. The maximum Gasteiger partial charge on any atom is 0.265 e. The summed E-state index contributed by atoms with van der Waals surface area (Å²) in [7, 11) is 0. The molecule has 2 aliphatic heterocycles. The number of anilines is 1. The first-order valence-electron chi connectivity index (χ1n) is 7.70. The van der Waals surface area contributed by atoms with Crippen molar-refractivity contribution >= 4 is 17.5 Å². The summed E-state index contributed by atoms with van der Waals surface area (Å²) in [5, 5.41) is 1.99. The van der Waals surface area contributed by atoms with E-state index in [1.54, 1.807) is 17.0 Å². The minimum atomic E-state index is -0.0730. The van der Waals surface area contributed by atoms with Gasteiger partial charge in [0.05, 0.1) is 0 Å². The highest BCUT2D eigenvalue weighted by Gasteiger charge is 2.22. The Hall–Kier alpha value is -1.88. The third-order valence-corrected chi connectivity index (χ3v) is 4.13. The summed E-state index contributed by atoms with van der Waals surface area (Å²) < 4.78 is 0. The van der Waals surface area contributed by atoms with Crippen molar-refractivity contribution in [1.29, 1.82) is 0 Å². The van der Waals surface area contributed by atoms with E-state index in [0.717, 1.165) is 44.6 Å². The molecule has 5 heteroatoms. The van der Waals surface area contributed by atoms with Crippen LogP contribution in [0.5, 0.6) is 0 Å². The quantitative estimate of drug-likeness (QED) is 0.924. The number of rotatable bonds is 3. The summed E-state index contributed by atoms with van der Waals surface area (Å²) in [6.07, 6.45) is 5.05. The Morgan fingerprint density at radius 2 is 1.67 bits per heavy atom. The number of hydrazine groups is 1. The molecule has 0 spiro atoms. The Morgan fingerprint density at radius 1 is 0.952 bits per heavy atom. The second kappa shape index (κ2) is 6.26. The van der Waals surface area contributed by atoms with Crippen LogP contribution in [0.3, 0.4) is 0 Å². The molecule has 2 amide bonds. The first-order valence-corrected chi connectivity index (χ1v) is 7.70. The predicted octanol–water partition coefficient (Wildman–Crippen LogP) is 1.94. The second-order valence-electron chi connectivity index (χ2n) is 5.68. The normalized spacial score (nSPS) is 19.8. The fraction of sp³-hybridized carbons (Fsp3) is 0.500. The number of nitrogens with zero attached hydrogens (tertiary/aromatic N) is 2. The van der Waals surface area contributed by atoms with Crippen LogP contribution in [0.25, 0.3) is 0 Å². The van der Waals surface area contributed by atoms with Crippen molar-refractivity contribution in [3.8, 4) is 0 Å². The van der Waals surface area contributed by atoms with Crippen molar-refractivity contribution in [2.24, 2.45) is 0 Å². The second-order valence-corrected chi connectivity index (χ2v) is 5.68. The van der Waals surface area contributed by atoms with E-state index in [1.807, 2.05) is 17.1 Å². The maximum absolute atomic E-state index is 12.2. The molecule has 2 aliphatic rings. The van der Waals surface area contributed by atoms with Crippen LogP contribution in [0.15, 0.2) is 24.3 Å². The monoisotopic (exact) mass is 287 g/mol. The lowest BCUT2D eigenvalue weighted by atomic mass is 10.1. The van der Waals surface area contributed by atoms with Crippen molar-refractivity contribution in [3.63, 3.8) is 0 Å². The summed E-state index contributed by atoms with van der Waals surface area (Å²) in [5.74, 6) is 0.0942. The maximum atomic E-state index is 12.2. The molecule has 0 atom stereocenters. The number of carbonyl (C=O) groups is 2. The van der Waals surface area contributed by atoms with E-state index in [1.165, 1.54) is 6.42 Å². The molecule has 2 saturated heterocycles. The van der Waals surface area contributed by atoms with Crippen molar-refractivity contribution in [2.45, 2.75) is 32.1 Å². The standard InChI is InChI=1S/C16H21N3O2/c20-15-5-4-12-19(15)14-8-6-13(7-9-14)16(21)17-18-10-2-1-3-11-18/h6-9H,1-5,10-12H2,(H,17,21). The number of carbonyl (C=O) groups excluding carboxylic acids is 2. The van der Waals surface area contributed by atoms with Crippen LogP contribution in [0.2, 0.25) is 0 Å². The van der Waals surface area contributed by atoms with Crippen LogP contribution in [-0.2, 0) is 4.79 Å². The molecule has 0 bridgehead atoms. The van der Waals surface area contributed by atoms with E-state index in [9.17, 15) is 9.59 Å². The Balaban J connectivity index is 1.63. The molecule has 112 valence electrons. The molecule has 0 aromatic heterocycles. The van der Waals surface area contributed by atoms with Gasteiger partial charge in [-0.15, -0.1) is 0 Å². The smallest absolute Gasteiger partial charge is 0.265 e. The molecular weight excluding hydrogens is 266 g/mol. The highest BCUT2D eigenvalue weighted by molar-refractivity contribution is 5.97. The zero-order chi connectivity index (χ0) is 14.7.